The van der Waals surface area contributed by atoms with E-state index < -0.39 is 41.7 Å². The number of alkyl halides is 6. The summed E-state index contributed by atoms with van der Waals surface area (Å²) in [6, 6.07) is 6.24. The van der Waals surface area contributed by atoms with Gasteiger partial charge in [0.2, 0.25) is 12.1 Å². The average molecular weight is 647 g/mol. The summed E-state index contributed by atoms with van der Waals surface area (Å²) in [5, 5.41) is 14.6. The molecule has 0 atom stereocenters. The first-order valence-corrected chi connectivity index (χ1v) is 11.4. The van der Waals surface area contributed by atoms with Gasteiger partial charge >= 0.3 is 12.4 Å². The van der Waals surface area contributed by atoms with Gasteiger partial charge < -0.3 is 15.4 Å². The molecule has 1 heterocycles. The van der Waals surface area contributed by atoms with Gasteiger partial charge in [-0.3, -0.25) is 14.8 Å². The Labute approximate surface area is 220 Å². The van der Waals surface area contributed by atoms with Crippen LogP contribution in [-0.2, 0) is 0 Å². The second-order valence-electron chi connectivity index (χ2n) is 8.36. The van der Waals surface area contributed by atoms with Gasteiger partial charge in [0.1, 0.15) is 5.54 Å². The first kappa shape index (κ1) is 30.1. The molecule has 0 aliphatic carbocycles. The van der Waals surface area contributed by atoms with E-state index in [4.69, 9.17) is 0 Å². The van der Waals surface area contributed by atoms with E-state index in [0.717, 1.165) is 16.9 Å². The van der Waals surface area contributed by atoms with Crippen LogP contribution < -0.4 is 15.4 Å². The van der Waals surface area contributed by atoms with E-state index in [-0.39, 0.29) is 22.5 Å². The van der Waals surface area contributed by atoms with Gasteiger partial charge in [-0.1, -0.05) is 6.07 Å². The summed E-state index contributed by atoms with van der Waals surface area (Å²) in [4.78, 5) is 29.6. The van der Waals surface area contributed by atoms with Crippen molar-refractivity contribution in [3.8, 4) is 5.88 Å². The van der Waals surface area contributed by atoms with Crippen LogP contribution in [0.15, 0.2) is 30.3 Å². The molecular formula is C22H22F6IN4O4+. The van der Waals surface area contributed by atoms with E-state index in [9.17, 15) is 41.1 Å². The number of nitrogens with zero attached hydrogens (tertiary/aromatic N) is 2. The fourth-order valence-corrected chi connectivity index (χ4v) is 3.91. The van der Waals surface area contributed by atoms with E-state index in [1.54, 1.807) is 19.9 Å². The Bertz CT molecular complexity index is 1200. The summed E-state index contributed by atoms with van der Waals surface area (Å²) in [6.45, 7) is 4.45. The van der Waals surface area contributed by atoms with Gasteiger partial charge in [-0.2, -0.15) is 26.3 Å². The van der Waals surface area contributed by atoms with E-state index in [1.807, 2.05) is 22.6 Å². The zero-order valence-electron chi connectivity index (χ0n) is 19.8. The SMILES string of the molecule is Cc1nc(OC(C(F)(F)F)C(F)(F)F)ccc1NC(=O)c1cccc(I)c1C(=O)NC(C)(C)C=[N+](C)O. The first-order valence-electron chi connectivity index (χ1n) is 10.3. The number of rotatable bonds is 7. The maximum absolute atomic E-state index is 13.0. The van der Waals surface area contributed by atoms with Crippen LogP contribution in [0.2, 0.25) is 0 Å². The minimum Gasteiger partial charge on any atom is -0.455 e. The largest absolute Gasteiger partial charge is 0.455 e. The lowest BCUT2D eigenvalue weighted by atomic mass is 10.0. The van der Waals surface area contributed by atoms with E-state index in [2.05, 4.69) is 20.4 Å². The van der Waals surface area contributed by atoms with E-state index >= 15 is 0 Å². The Morgan fingerprint density at radius 1 is 1.08 bits per heavy atom. The van der Waals surface area contributed by atoms with Crippen LogP contribution in [0, 0.1) is 10.5 Å². The second-order valence-corrected chi connectivity index (χ2v) is 9.52. The highest BCUT2D eigenvalue weighted by Crippen LogP contribution is 2.36. The number of hydrogen-bond acceptors (Lipinski definition) is 5. The molecule has 2 amide bonds. The summed E-state index contributed by atoms with van der Waals surface area (Å²) in [5.41, 5.74) is -1.23. The van der Waals surface area contributed by atoms with Gasteiger partial charge in [0.25, 0.3) is 17.9 Å². The standard InChI is InChI=1S/C22H21F6IN4O4/c1-11-14(8-9-15(30-11)37-19(21(23,24)25)22(26,27)28)31-17(34)12-6-5-7-13(29)16(12)18(35)32-20(2,3)10-33(4)36/h5-10,19H,1-4H3,(H2-,31,32,34,35,36)/p+1. The Morgan fingerprint density at radius 3 is 2.19 bits per heavy atom. The molecule has 0 spiro atoms. The van der Waals surface area contributed by atoms with Gasteiger partial charge in [-0.15, -0.1) is 0 Å². The van der Waals surface area contributed by atoms with Crippen molar-refractivity contribution in [2.75, 3.05) is 12.4 Å². The van der Waals surface area contributed by atoms with E-state index in [1.165, 1.54) is 32.3 Å². The van der Waals surface area contributed by atoms with Crippen molar-refractivity contribution in [1.29, 1.82) is 0 Å². The third-order valence-electron chi connectivity index (χ3n) is 4.57. The smallest absolute Gasteiger partial charge is 0.434 e. The Hall–Kier alpha value is -3.11. The number of carbonyl (C=O) groups is 2. The zero-order chi connectivity index (χ0) is 28.3. The van der Waals surface area contributed by atoms with Gasteiger partial charge in [-0.05, 0) is 66.3 Å². The van der Waals surface area contributed by atoms with Crippen LogP contribution in [0.25, 0.3) is 0 Å². The summed E-state index contributed by atoms with van der Waals surface area (Å²) in [6.07, 6.45) is -14.2. The summed E-state index contributed by atoms with van der Waals surface area (Å²) in [7, 11) is 1.35. The number of nitrogens with one attached hydrogen (secondary N) is 2. The zero-order valence-corrected chi connectivity index (χ0v) is 21.9. The third-order valence-corrected chi connectivity index (χ3v) is 5.47. The monoisotopic (exact) mass is 647 g/mol. The number of aryl methyl sites for hydroxylation is 1. The van der Waals surface area contributed by atoms with Crippen molar-refractivity contribution in [3.63, 3.8) is 0 Å². The fourth-order valence-electron chi connectivity index (χ4n) is 3.16. The minimum absolute atomic E-state index is 0.00595. The van der Waals surface area contributed by atoms with Gasteiger partial charge in [0, 0.05) is 9.64 Å². The predicted octanol–water partition coefficient (Wildman–Crippen LogP) is 4.73. The maximum atomic E-state index is 13.0. The lowest BCUT2D eigenvalue weighted by Crippen LogP contribution is -2.47. The van der Waals surface area contributed by atoms with Crippen molar-refractivity contribution < 1.29 is 50.6 Å². The van der Waals surface area contributed by atoms with Gasteiger partial charge in [0.05, 0.1) is 22.5 Å². The second kappa shape index (κ2) is 11.1. The molecule has 0 aliphatic rings. The quantitative estimate of drug-likeness (QED) is 0.101. The van der Waals surface area contributed by atoms with Crippen LogP contribution in [0.1, 0.15) is 40.3 Å². The number of anilines is 1. The molecule has 3 N–H and O–H groups in total. The molecular weight excluding hydrogens is 625 g/mol. The number of pyridine rings is 1. The Kier molecular flexibility index (Phi) is 9.04. The topological polar surface area (TPSA) is 104 Å². The van der Waals surface area contributed by atoms with Crippen molar-refractivity contribution in [1.82, 2.24) is 10.3 Å². The number of amides is 2. The molecule has 0 bridgehead atoms. The van der Waals surface area contributed by atoms with Crippen molar-refractivity contribution >= 4 is 46.3 Å². The van der Waals surface area contributed by atoms with Crippen LogP contribution in [-0.4, -0.2) is 64.0 Å². The molecule has 2 aromatic rings. The average Bonchev–Trinajstić information content (AvgIpc) is 2.70. The third kappa shape index (κ3) is 8.19. The molecule has 2 rings (SSSR count). The maximum Gasteiger partial charge on any atom is 0.434 e. The van der Waals surface area contributed by atoms with Gasteiger partial charge in [0.15, 0.2) is 7.05 Å². The molecule has 0 fully saturated rings. The van der Waals surface area contributed by atoms with Crippen LogP contribution in [0.4, 0.5) is 32.0 Å². The molecule has 0 radical (unpaired) electrons. The summed E-state index contributed by atoms with van der Waals surface area (Å²) >= 11 is 1.85. The van der Waals surface area contributed by atoms with E-state index in [0.29, 0.717) is 3.57 Å². The predicted molar refractivity (Wildman–Crippen MR) is 128 cm³/mol. The molecule has 0 saturated heterocycles. The molecule has 0 aliphatic heterocycles. The lowest BCUT2D eigenvalue weighted by Gasteiger charge is -2.23. The molecule has 15 heteroatoms. The Morgan fingerprint density at radius 2 is 1.68 bits per heavy atom. The highest BCUT2D eigenvalue weighted by molar-refractivity contribution is 14.1. The first-order chi connectivity index (χ1) is 16.8. The molecule has 1 aromatic carbocycles. The normalized spacial score (nSPS) is 12.9. The molecule has 0 unspecified atom stereocenters. The summed E-state index contributed by atoms with van der Waals surface area (Å²) < 4.78 is 81.8. The number of hydroxylamine groups is 1. The number of aromatic nitrogens is 1. The van der Waals surface area contributed by atoms with Crippen molar-refractivity contribution in [2.24, 2.45) is 0 Å². The molecule has 1 aromatic heterocycles. The number of halogens is 7. The summed E-state index contributed by atoms with van der Waals surface area (Å²) in [5.74, 6) is -2.37. The number of carbonyl (C=O) groups excluding carboxylic acids is 2. The molecule has 0 saturated carbocycles. The Balaban J connectivity index is 2.32. The number of hydrogen-bond donors (Lipinski definition) is 3. The minimum atomic E-state index is -5.72. The fraction of sp³-hybridized carbons (Fsp3) is 0.364. The van der Waals surface area contributed by atoms with Crippen LogP contribution >= 0.6 is 22.6 Å². The van der Waals surface area contributed by atoms with Gasteiger partial charge in [-0.25, -0.2) is 4.98 Å². The highest BCUT2D eigenvalue weighted by Gasteiger charge is 2.59. The molecule has 8 nitrogen and oxygen atoms in total. The highest BCUT2D eigenvalue weighted by atomic mass is 127. The lowest BCUT2D eigenvalue weighted by molar-refractivity contribution is -0.752. The van der Waals surface area contributed by atoms with Crippen LogP contribution in [0.3, 0.4) is 0 Å². The van der Waals surface area contributed by atoms with Crippen molar-refractivity contribution in [2.45, 2.75) is 44.8 Å². The number of ether oxygens (including phenoxy) is 1. The van der Waals surface area contributed by atoms with Crippen LogP contribution in [0.5, 0.6) is 5.88 Å². The number of benzene rings is 1. The molecule has 37 heavy (non-hydrogen) atoms. The molecule has 202 valence electrons. The van der Waals surface area contributed by atoms with Crippen molar-refractivity contribution in [3.05, 3.63) is 50.7 Å².